The topological polar surface area (TPSA) is 119 Å². The van der Waals surface area contributed by atoms with Crippen LogP contribution in [0.15, 0.2) is 35.4 Å². The Hall–Kier alpha value is -3.43. The first-order chi connectivity index (χ1) is 14.1. The van der Waals surface area contributed by atoms with Gasteiger partial charge in [0, 0.05) is 26.2 Å². The fourth-order valence-corrected chi connectivity index (χ4v) is 3.96. The van der Waals surface area contributed by atoms with Crippen molar-refractivity contribution in [1.82, 2.24) is 9.88 Å². The van der Waals surface area contributed by atoms with Crippen LogP contribution in [0.4, 0.5) is 11.5 Å². The van der Waals surface area contributed by atoms with Gasteiger partial charge >= 0.3 is 0 Å². The molecule has 1 aliphatic heterocycles. The number of nitrogen functional groups attached to an aromatic ring is 1. The number of nitrogens with zero attached hydrogens (tertiary/aromatic N) is 5. The minimum Gasteiger partial charge on any atom is -0.495 e. The van der Waals surface area contributed by atoms with Gasteiger partial charge in [-0.15, -0.1) is 0 Å². The summed E-state index contributed by atoms with van der Waals surface area (Å²) in [4.78, 5) is 20.7. The van der Waals surface area contributed by atoms with Crippen molar-refractivity contribution in [2.75, 3.05) is 49.7 Å². The number of nitriles is 2. The summed E-state index contributed by atoms with van der Waals surface area (Å²) >= 11 is 1.16. The summed E-state index contributed by atoms with van der Waals surface area (Å²) in [7, 11) is 1.65. The summed E-state index contributed by atoms with van der Waals surface area (Å²) in [6, 6.07) is 13.1. The minimum absolute atomic E-state index is 0.0247. The van der Waals surface area contributed by atoms with Crippen LogP contribution in [-0.2, 0) is 4.79 Å². The maximum atomic E-state index is 12.6. The number of para-hydroxylation sites is 2. The molecule has 2 N–H and O–H groups in total. The highest BCUT2D eigenvalue weighted by atomic mass is 32.2. The Bertz CT molecular complexity index is 989. The van der Waals surface area contributed by atoms with E-state index in [1.807, 2.05) is 36.4 Å². The van der Waals surface area contributed by atoms with E-state index in [2.05, 4.69) is 9.88 Å². The number of aromatic nitrogens is 1. The number of piperazine rings is 1. The maximum absolute atomic E-state index is 12.6. The number of methoxy groups -OCH3 is 1. The molecule has 0 spiro atoms. The number of pyridine rings is 1. The second kappa shape index (κ2) is 9.18. The van der Waals surface area contributed by atoms with Crippen LogP contribution in [0.1, 0.15) is 11.1 Å². The normalized spacial score (nSPS) is 13.5. The Morgan fingerprint density at radius 1 is 1.21 bits per heavy atom. The Kier molecular flexibility index (Phi) is 6.43. The highest BCUT2D eigenvalue weighted by molar-refractivity contribution is 8.00. The molecule has 2 aromatic rings. The van der Waals surface area contributed by atoms with Crippen LogP contribution in [0.5, 0.6) is 5.75 Å². The number of ether oxygens (including phenoxy) is 1. The number of anilines is 2. The van der Waals surface area contributed by atoms with E-state index in [1.165, 1.54) is 6.07 Å². The van der Waals surface area contributed by atoms with E-state index in [-0.39, 0.29) is 28.6 Å². The molecule has 0 saturated carbocycles. The summed E-state index contributed by atoms with van der Waals surface area (Å²) in [6.45, 7) is 2.63. The first kappa shape index (κ1) is 20.3. The highest BCUT2D eigenvalue weighted by Crippen LogP contribution is 2.29. The van der Waals surface area contributed by atoms with Crippen molar-refractivity contribution in [3.63, 3.8) is 0 Å². The number of nitrogens with two attached hydrogens (primary N) is 1. The lowest BCUT2D eigenvalue weighted by Gasteiger charge is -2.36. The van der Waals surface area contributed by atoms with Crippen molar-refractivity contribution < 1.29 is 9.53 Å². The number of carbonyl (C=O) groups excluding carboxylic acids is 1. The van der Waals surface area contributed by atoms with E-state index in [0.29, 0.717) is 31.2 Å². The van der Waals surface area contributed by atoms with E-state index in [0.717, 1.165) is 23.2 Å². The molecule has 1 aromatic carbocycles. The van der Waals surface area contributed by atoms with Crippen LogP contribution in [0.25, 0.3) is 0 Å². The molecule has 0 aliphatic carbocycles. The fourth-order valence-electron chi connectivity index (χ4n) is 3.10. The quantitative estimate of drug-likeness (QED) is 0.745. The van der Waals surface area contributed by atoms with Crippen LogP contribution in [-0.4, -0.2) is 54.8 Å². The Balaban J connectivity index is 1.59. The third-order valence-corrected chi connectivity index (χ3v) is 5.62. The monoisotopic (exact) mass is 408 g/mol. The van der Waals surface area contributed by atoms with E-state index in [9.17, 15) is 10.1 Å². The molecule has 1 aromatic heterocycles. The molecule has 1 aliphatic rings. The van der Waals surface area contributed by atoms with Crippen molar-refractivity contribution >= 4 is 29.2 Å². The summed E-state index contributed by atoms with van der Waals surface area (Å²) in [5.74, 6) is 1.01. The first-order valence-electron chi connectivity index (χ1n) is 8.96. The summed E-state index contributed by atoms with van der Waals surface area (Å²) < 4.78 is 5.42. The van der Waals surface area contributed by atoms with Gasteiger partial charge < -0.3 is 20.3 Å². The molecular weight excluding hydrogens is 388 g/mol. The van der Waals surface area contributed by atoms with Crippen molar-refractivity contribution in [1.29, 1.82) is 10.5 Å². The molecule has 1 fully saturated rings. The molecule has 3 rings (SSSR count). The van der Waals surface area contributed by atoms with Gasteiger partial charge in [-0.2, -0.15) is 10.5 Å². The van der Waals surface area contributed by atoms with Gasteiger partial charge in [-0.25, -0.2) is 4.98 Å². The number of hydrogen-bond donors (Lipinski definition) is 1. The van der Waals surface area contributed by atoms with Crippen LogP contribution < -0.4 is 15.4 Å². The molecule has 0 atom stereocenters. The first-order valence-corrected chi connectivity index (χ1v) is 9.95. The van der Waals surface area contributed by atoms with Crippen LogP contribution >= 0.6 is 11.8 Å². The zero-order valence-electron chi connectivity index (χ0n) is 16.0. The molecule has 2 heterocycles. The number of amides is 1. The smallest absolute Gasteiger partial charge is 0.233 e. The van der Waals surface area contributed by atoms with Gasteiger partial charge in [0.25, 0.3) is 0 Å². The van der Waals surface area contributed by atoms with E-state index < -0.39 is 0 Å². The third kappa shape index (κ3) is 4.53. The second-order valence-corrected chi connectivity index (χ2v) is 7.29. The Morgan fingerprint density at radius 2 is 1.90 bits per heavy atom. The highest BCUT2D eigenvalue weighted by Gasteiger charge is 2.23. The molecule has 0 bridgehead atoms. The average molecular weight is 408 g/mol. The molecule has 0 radical (unpaired) electrons. The second-order valence-electron chi connectivity index (χ2n) is 6.33. The number of thioether (sulfide) groups is 1. The maximum Gasteiger partial charge on any atom is 0.233 e. The summed E-state index contributed by atoms with van der Waals surface area (Å²) in [5, 5.41) is 18.6. The largest absolute Gasteiger partial charge is 0.495 e. The van der Waals surface area contributed by atoms with E-state index >= 15 is 0 Å². The molecule has 9 heteroatoms. The van der Waals surface area contributed by atoms with Gasteiger partial charge in [-0.3, -0.25) is 4.79 Å². The van der Waals surface area contributed by atoms with Gasteiger partial charge in [0.15, 0.2) is 0 Å². The van der Waals surface area contributed by atoms with Crippen LogP contribution in [0.3, 0.4) is 0 Å². The van der Waals surface area contributed by atoms with Crippen molar-refractivity contribution in [2.45, 2.75) is 5.03 Å². The SMILES string of the molecule is COc1ccccc1N1CCN(C(=O)CSc2nc(N)c(C#N)cc2C#N)CC1. The van der Waals surface area contributed by atoms with E-state index in [4.69, 9.17) is 15.7 Å². The number of hydrogen-bond acceptors (Lipinski definition) is 8. The van der Waals surface area contributed by atoms with E-state index in [1.54, 1.807) is 12.0 Å². The molecule has 0 unspecified atom stereocenters. The summed E-state index contributed by atoms with van der Waals surface area (Å²) in [5.41, 5.74) is 7.15. The Morgan fingerprint density at radius 3 is 2.55 bits per heavy atom. The molecule has 1 saturated heterocycles. The van der Waals surface area contributed by atoms with Gasteiger partial charge in [0.1, 0.15) is 28.7 Å². The molecule has 8 nitrogen and oxygen atoms in total. The van der Waals surface area contributed by atoms with Crippen LogP contribution in [0.2, 0.25) is 0 Å². The average Bonchev–Trinajstić information content (AvgIpc) is 2.77. The lowest BCUT2D eigenvalue weighted by Crippen LogP contribution is -2.49. The predicted octanol–water partition coefficient (Wildman–Crippen LogP) is 1.86. The van der Waals surface area contributed by atoms with Crippen LogP contribution in [0, 0.1) is 22.7 Å². The van der Waals surface area contributed by atoms with Gasteiger partial charge in [0.05, 0.1) is 29.7 Å². The van der Waals surface area contributed by atoms with Gasteiger partial charge in [-0.05, 0) is 18.2 Å². The number of rotatable bonds is 5. The van der Waals surface area contributed by atoms with Gasteiger partial charge in [-0.1, -0.05) is 23.9 Å². The molecular formula is C20H20N6O2S. The zero-order chi connectivity index (χ0) is 20.8. The van der Waals surface area contributed by atoms with Crippen molar-refractivity contribution in [3.05, 3.63) is 41.5 Å². The minimum atomic E-state index is -0.0247. The third-order valence-electron chi connectivity index (χ3n) is 4.65. The molecule has 1 amide bonds. The molecule has 148 valence electrons. The van der Waals surface area contributed by atoms with Gasteiger partial charge in [0.2, 0.25) is 5.91 Å². The zero-order valence-corrected chi connectivity index (χ0v) is 16.8. The van der Waals surface area contributed by atoms with Crippen molar-refractivity contribution in [2.24, 2.45) is 0 Å². The fraction of sp³-hybridized carbons (Fsp3) is 0.300. The lowest BCUT2D eigenvalue weighted by molar-refractivity contribution is -0.128. The van der Waals surface area contributed by atoms with Crippen molar-refractivity contribution in [3.8, 4) is 17.9 Å². The Labute approximate surface area is 173 Å². The summed E-state index contributed by atoms with van der Waals surface area (Å²) in [6.07, 6.45) is 0. The predicted molar refractivity (Wildman–Crippen MR) is 111 cm³/mol. The number of carbonyl (C=O) groups is 1. The number of benzene rings is 1. The standard InChI is InChI=1S/C20H20N6O2S/c1-28-17-5-3-2-4-16(17)25-6-8-26(9-7-25)18(27)13-29-20-15(12-22)10-14(11-21)19(23)24-20/h2-5,10H,6-9,13H2,1H3,(H2,23,24). The lowest BCUT2D eigenvalue weighted by atomic mass is 10.2. The molecule has 29 heavy (non-hydrogen) atoms.